The van der Waals surface area contributed by atoms with Crippen molar-refractivity contribution in [3.8, 4) is 0 Å². The van der Waals surface area contributed by atoms with Crippen molar-refractivity contribution in [1.29, 1.82) is 0 Å². The molecule has 2 aromatic rings. The smallest absolute Gasteiger partial charge is 0.221 e. The van der Waals surface area contributed by atoms with E-state index in [1.165, 1.54) is 11.1 Å². The number of nitrogens with one attached hydrogen (secondary N) is 2. The molecule has 0 spiro atoms. The van der Waals surface area contributed by atoms with Crippen LogP contribution >= 0.6 is 0 Å². The zero-order valence-corrected chi connectivity index (χ0v) is 13.8. The second kappa shape index (κ2) is 9.67. The summed E-state index contributed by atoms with van der Waals surface area (Å²) >= 11 is 0. The second-order valence-corrected chi connectivity index (χ2v) is 5.63. The fourth-order valence-corrected chi connectivity index (χ4v) is 2.57. The third-order valence-electron chi connectivity index (χ3n) is 3.87. The Morgan fingerprint density at radius 1 is 0.957 bits per heavy atom. The van der Waals surface area contributed by atoms with E-state index >= 15 is 0 Å². The van der Waals surface area contributed by atoms with Crippen molar-refractivity contribution < 1.29 is 4.79 Å². The second-order valence-electron chi connectivity index (χ2n) is 5.63. The molecular formula is C20H26N2O. The molecule has 0 saturated carbocycles. The van der Waals surface area contributed by atoms with E-state index in [4.69, 9.17) is 0 Å². The molecule has 122 valence electrons. The number of para-hydroxylation sites is 1. The van der Waals surface area contributed by atoms with Gasteiger partial charge in [0.05, 0.1) is 0 Å². The SMILES string of the molecule is CCc1ccccc1NCCC(=O)NCCCc1ccccc1. The highest BCUT2D eigenvalue weighted by Crippen LogP contribution is 2.15. The maximum atomic E-state index is 11.8. The average molecular weight is 310 g/mol. The summed E-state index contributed by atoms with van der Waals surface area (Å²) < 4.78 is 0. The van der Waals surface area contributed by atoms with Crippen molar-refractivity contribution >= 4 is 11.6 Å². The van der Waals surface area contributed by atoms with Gasteiger partial charge in [-0.2, -0.15) is 0 Å². The number of aryl methyl sites for hydroxylation is 2. The molecule has 0 bridgehead atoms. The maximum Gasteiger partial charge on any atom is 0.221 e. The molecule has 0 aromatic heterocycles. The molecule has 0 aliphatic carbocycles. The van der Waals surface area contributed by atoms with E-state index < -0.39 is 0 Å². The molecule has 0 atom stereocenters. The first-order valence-electron chi connectivity index (χ1n) is 8.42. The fourth-order valence-electron chi connectivity index (χ4n) is 2.57. The Bertz CT molecular complexity index is 596. The average Bonchev–Trinajstić information content (AvgIpc) is 2.60. The number of carbonyl (C=O) groups excluding carboxylic acids is 1. The molecule has 0 fully saturated rings. The quantitative estimate of drug-likeness (QED) is 0.692. The summed E-state index contributed by atoms with van der Waals surface area (Å²) in [5.74, 6) is 0.111. The molecule has 0 unspecified atom stereocenters. The Balaban J connectivity index is 1.60. The molecule has 0 radical (unpaired) electrons. The van der Waals surface area contributed by atoms with Gasteiger partial charge in [-0.1, -0.05) is 55.5 Å². The lowest BCUT2D eigenvalue weighted by Crippen LogP contribution is -2.26. The van der Waals surface area contributed by atoms with Crippen molar-refractivity contribution in [2.75, 3.05) is 18.4 Å². The van der Waals surface area contributed by atoms with Gasteiger partial charge in [0.25, 0.3) is 0 Å². The predicted molar refractivity (Wildman–Crippen MR) is 96.7 cm³/mol. The van der Waals surface area contributed by atoms with Gasteiger partial charge in [-0.05, 0) is 36.5 Å². The van der Waals surface area contributed by atoms with Gasteiger partial charge >= 0.3 is 0 Å². The van der Waals surface area contributed by atoms with Crippen LogP contribution in [0, 0.1) is 0 Å². The minimum absolute atomic E-state index is 0.111. The first kappa shape index (κ1) is 17.1. The summed E-state index contributed by atoms with van der Waals surface area (Å²) in [6.07, 6.45) is 3.48. The number of anilines is 1. The molecule has 0 heterocycles. The van der Waals surface area contributed by atoms with Crippen LogP contribution in [0.3, 0.4) is 0 Å². The van der Waals surface area contributed by atoms with E-state index in [0.29, 0.717) is 13.0 Å². The molecule has 0 aliphatic heterocycles. The lowest BCUT2D eigenvalue weighted by atomic mass is 10.1. The largest absolute Gasteiger partial charge is 0.384 e. The van der Waals surface area contributed by atoms with Crippen LogP contribution in [0.4, 0.5) is 5.69 Å². The van der Waals surface area contributed by atoms with E-state index in [-0.39, 0.29) is 5.91 Å². The standard InChI is InChI=1S/C20H26N2O/c1-2-18-12-6-7-13-19(18)21-16-14-20(23)22-15-8-11-17-9-4-3-5-10-17/h3-7,9-10,12-13,21H,2,8,11,14-16H2,1H3,(H,22,23). The van der Waals surface area contributed by atoms with Gasteiger partial charge in [0.15, 0.2) is 0 Å². The maximum absolute atomic E-state index is 11.8. The lowest BCUT2D eigenvalue weighted by Gasteiger charge is -2.11. The molecule has 3 heteroatoms. The zero-order chi connectivity index (χ0) is 16.3. The third-order valence-corrected chi connectivity index (χ3v) is 3.87. The van der Waals surface area contributed by atoms with Crippen LogP contribution in [-0.2, 0) is 17.6 Å². The van der Waals surface area contributed by atoms with E-state index in [1.54, 1.807) is 0 Å². The van der Waals surface area contributed by atoms with Crippen LogP contribution in [0.5, 0.6) is 0 Å². The molecule has 0 saturated heterocycles. The van der Waals surface area contributed by atoms with Crippen molar-refractivity contribution in [3.63, 3.8) is 0 Å². The number of rotatable bonds is 9. The van der Waals surface area contributed by atoms with E-state index in [2.05, 4.69) is 41.8 Å². The van der Waals surface area contributed by atoms with Crippen molar-refractivity contribution in [1.82, 2.24) is 5.32 Å². The molecule has 2 aromatic carbocycles. The van der Waals surface area contributed by atoms with Gasteiger partial charge in [0.2, 0.25) is 5.91 Å². The summed E-state index contributed by atoms with van der Waals surface area (Å²) in [5.41, 5.74) is 3.74. The van der Waals surface area contributed by atoms with Crippen molar-refractivity contribution in [3.05, 3.63) is 65.7 Å². The Kier molecular flexibility index (Phi) is 7.18. The Hall–Kier alpha value is -2.29. The highest BCUT2D eigenvalue weighted by molar-refractivity contribution is 5.76. The van der Waals surface area contributed by atoms with Crippen LogP contribution < -0.4 is 10.6 Å². The molecule has 3 nitrogen and oxygen atoms in total. The molecule has 2 N–H and O–H groups in total. The van der Waals surface area contributed by atoms with Crippen LogP contribution in [0.1, 0.15) is 30.9 Å². The lowest BCUT2D eigenvalue weighted by molar-refractivity contribution is -0.120. The number of hydrogen-bond acceptors (Lipinski definition) is 2. The fraction of sp³-hybridized carbons (Fsp3) is 0.350. The molecule has 2 rings (SSSR count). The summed E-state index contributed by atoms with van der Waals surface area (Å²) in [7, 11) is 0. The normalized spacial score (nSPS) is 10.3. The first-order valence-corrected chi connectivity index (χ1v) is 8.42. The molecular weight excluding hydrogens is 284 g/mol. The van der Waals surface area contributed by atoms with Gasteiger partial charge in [-0.25, -0.2) is 0 Å². The van der Waals surface area contributed by atoms with Gasteiger partial charge in [-0.3, -0.25) is 4.79 Å². The number of amides is 1. The summed E-state index contributed by atoms with van der Waals surface area (Å²) in [6, 6.07) is 18.6. The van der Waals surface area contributed by atoms with E-state index in [9.17, 15) is 4.79 Å². The zero-order valence-electron chi connectivity index (χ0n) is 13.8. The predicted octanol–water partition coefficient (Wildman–Crippen LogP) is 3.80. The number of benzene rings is 2. The van der Waals surface area contributed by atoms with Crippen LogP contribution in [-0.4, -0.2) is 19.0 Å². The van der Waals surface area contributed by atoms with E-state index in [1.807, 2.05) is 30.3 Å². The minimum Gasteiger partial charge on any atom is -0.384 e. The number of hydrogen-bond donors (Lipinski definition) is 2. The van der Waals surface area contributed by atoms with Gasteiger partial charge in [-0.15, -0.1) is 0 Å². The highest BCUT2D eigenvalue weighted by Gasteiger charge is 2.02. The Labute approximate surface area is 139 Å². The highest BCUT2D eigenvalue weighted by atomic mass is 16.1. The van der Waals surface area contributed by atoms with Crippen LogP contribution in [0.15, 0.2) is 54.6 Å². The minimum atomic E-state index is 0.111. The molecule has 1 amide bonds. The van der Waals surface area contributed by atoms with Crippen LogP contribution in [0.25, 0.3) is 0 Å². The first-order chi connectivity index (χ1) is 11.3. The summed E-state index contributed by atoms with van der Waals surface area (Å²) in [6.45, 7) is 3.54. The molecule has 0 aliphatic rings. The topological polar surface area (TPSA) is 41.1 Å². The van der Waals surface area contributed by atoms with Gasteiger partial charge in [0, 0.05) is 25.2 Å². The monoisotopic (exact) mass is 310 g/mol. The summed E-state index contributed by atoms with van der Waals surface area (Å²) in [4.78, 5) is 11.8. The Morgan fingerprint density at radius 3 is 2.48 bits per heavy atom. The summed E-state index contributed by atoms with van der Waals surface area (Å²) in [5, 5.41) is 6.34. The van der Waals surface area contributed by atoms with E-state index in [0.717, 1.165) is 31.5 Å². The van der Waals surface area contributed by atoms with Crippen molar-refractivity contribution in [2.24, 2.45) is 0 Å². The van der Waals surface area contributed by atoms with Gasteiger partial charge < -0.3 is 10.6 Å². The Morgan fingerprint density at radius 2 is 1.70 bits per heavy atom. The van der Waals surface area contributed by atoms with Crippen LogP contribution in [0.2, 0.25) is 0 Å². The van der Waals surface area contributed by atoms with Gasteiger partial charge in [0.1, 0.15) is 0 Å². The van der Waals surface area contributed by atoms with Crippen molar-refractivity contribution in [2.45, 2.75) is 32.6 Å². The third kappa shape index (κ3) is 6.15. The number of carbonyl (C=O) groups is 1. The molecule has 23 heavy (non-hydrogen) atoms.